The van der Waals surface area contributed by atoms with Gasteiger partial charge < -0.3 is 16.0 Å². The number of rotatable bonds is 6. The van der Waals surface area contributed by atoms with E-state index in [9.17, 15) is 9.59 Å². The minimum atomic E-state index is -0.208. The fraction of sp³-hybridized carbons (Fsp3) is 0.529. The van der Waals surface area contributed by atoms with E-state index in [2.05, 4.69) is 24.4 Å². The highest BCUT2D eigenvalue weighted by atomic mass is 16.2. The van der Waals surface area contributed by atoms with Crippen molar-refractivity contribution in [3.05, 3.63) is 35.9 Å². The van der Waals surface area contributed by atoms with Gasteiger partial charge in [-0.1, -0.05) is 37.3 Å². The number of likely N-dealkylation sites (tertiary alicyclic amines) is 1. The zero-order valence-corrected chi connectivity index (χ0v) is 13.2. The summed E-state index contributed by atoms with van der Waals surface area (Å²) in [6.45, 7) is 4.93. The molecule has 120 valence electrons. The molecule has 1 aliphatic heterocycles. The van der Waals surface area contributed by atoms with Crippen LogP contribution in [0.1, 0.15) is 31.2 Å². The highest BCUT2D eigenvalue weighted by molar-refractivity contribution is 5.77. The number of hydrogen-bond donors (Lipinski definition) is 3. The van der Waals surface area contributed by atoms with Gasteiger partial charge in [-0.2, -0.15) is 0 Å². The van der Waals surface area contributed by atoms with Crippen molar-refractivity contribution in [2.75, 3.05) is 26.2 Å². The van der Waals surface area contributed by atoms with Crippen molar-refractivity contribution in [2.24, 2.45) is 11.7 Å². The Labute approximate surface area is 131 Å². The molecule has 5 heteroatoms. The van der Waals surface area contributed by atoms with Gasteiger partial charge in [0.15, 0.2) is 6.54 Å². The van der Waals surface area contributed by atoms with E-state index in [1.165, 1.54) is 10.5 Å². The molecular formula is C17H26N3O2+. The minimum Gasteiger partial charge on any atom is -0.369 e. The summed E-state index contributed by atoms with van der Waals surface area (Å²) >= 11 is 0. The van der Waals surface area contributed by atoms with Gasteiger partial charge in [-0.15, -0.1) is 0 Å². The third-order valence-corrected chi connectivity index (χ3v) is 4.48. The van der Waals surface area contributed by atoms with Crippen molar-refractivity contribution < 1.29 is 14.5 Å². The molecule has 1 atom stereocenters. The average molecular weight is 304 g/mol. The van der Waals surface area contributed by atoms with Crippen LogP contribution in [0.5, 0.6) is 0 Å². The number of nitrogens with two attached hydrogens (primary N) is 1. The van der Waals surface area contributed by atoms with Crippen LogP contribution in [0.25, 0.3) is 0 Å². The normalized spacial score (nSPS) is 22.8. The maximum absolute atomic E-state index is 12.0. The van der Waals surface area contributed by atoms with Crippen LogP contribution in [0.2, 0.25) is 0 Å². The first kappa shape index (κ1) is 16.5. The van der Waals surface area contributed by atoms with Crippen LogP contribution in [-0.4, -0.2) is 38.0 Å². The summed E-state index contributed by atoms with van der Waals surface area (Å²) in [6.07, 6.45) is 1.58. The second-order valence-corrected chi connectivity index (χ2v) is 6.22. The number of amides is 2. The number of nitrogens with one attached hydrogen (secondary N) is 2. The zero-order chi connectivity index (χ0) is 15.9. The van der Waals surface area contributed by atoms with Gasteiger partial charge in [0.25, 0.3) is 5.91 Å². The molecule has 0 saturated carbocycles. The molecule has 4 N–H and O–H groups in total. The maximum Gasteiger partial charge on any atom is 0.275 e. The summed E-state index contributed by atoms with van der Waals surface area (Å²) in [4.78, 5) is 24.4. The van der Waals surface area contributed by atoms with Crippen LogP contribution < -0.4 is 16.0 Å². The predicted molar refractivity (Wildman–Crippen MR) is 85.3 cm³/mol. The van der Waals surface area contributed by atoms with Crippen molar-refractivity contribution in [3.8, 4) is 0 Å². The molecule has 0 bridgehead atoms. The standard InChI is InChI=1S/C17H25N3O2/c1-13(14-5-3-2-4-6-14)11-19-16(21)12-20-9-7-15(8-10-20)17(18)22/h2-6,13,15H,7-12H2,1H3,(H2,18,22)(H,19,21)/p+1/t13-/m0/s1. The molecule has 0 spiro atoms. The van der Waals surface area contributed by atoms with E-state index in [0.29, 0.717) is 19.0 Å². The van der Waals surface area contributed by atoms with Gasteiger partial charge in [-0.25, -0.2) is 0 Å². The Kier molecular flexibility index (Phi) is 5.95. The molecule has 1 aliphatic rings. The van der Waals surface area contributed by atoms with E-state index in [1.54, 1.807) is 0 Å². The third kappa shape index (κ3) is 4.84. The van der Waals surface area contributed by atoms with Gasteiger partial charge in [0.1, 0.15) is 0 Å². The highest BCUT2D eigenvalue weighted by Crippen LogP contribution is 2.12. The molecule has 1 fully saturated rings. The fourth-order valence-electron chi connectivity index (χ4n) is 2.94. The Balaban J connectivity index is 1.69. The first-order valence-corrected chi connectivity index (χ1v) is 8.00. The predicted octanol–water partition coefficient (Wildman–Crippen LogP) is -0.313. The van der Waals surface area contributed by atoms with Crippen molar-refractivity contribution in [2.45, 2.75) is 25.7 Å². The number of piperidine rings is 1. The highest BCUT2D eigenvalue weighted by Gasteiger charge is 2.26. The smallest absolute Gasteiger partial charge is 0.275 e. The summed E-state index contributed by atoms with van der Waals surface area (Å²) in [5.74, 6) is 0.168. The van der Waals surface area contributed by atoms with Gasteiger partial charge >= 0.3 is 0 Å². The third-order valence-electron chi connectivity index (χ3n) is 4.48. The molecule has 0 radical (unpaired) electrons. The first-order chi connectivity index (χ1) is 10.6. The van der Waals surface area contributed by atoms with Crippen LogP contribution in [0.3, 0.4) is 0 Å². The van der Waals surface area contributed by atoms with Crippen molar-refractivity contribution in [1.29, 1.82) is 0 Å². The van der Waals surface area contributed by atoms with Gasteiger partial charge in [-0.05, 0) is 11.5 Å². The first-order valence-electron chi connectivity index (χ1n) is 8.00. The van der Waals surface area contributed by atoms with Crippen LogP contribution in [0.4, 0.5) is 0 Å². The van der Waals surface area contributed by atoms with E-state index in [0.717, 1.165) is 25.9 Å². The molecule has 0 aliphatic carbocycles. The van der Waals surface area contributed by atoms with Crippen LogP contribution >= 0.6 is 0 Å². The van der Waals surface area contributed by atoms with E-state index < -0.39 is 0 Å². The summed E-state index contributed by atoms with van der Waals surface area (Å²) in [6, 6.07) is 10.2. The molecule has 0 aromatic heterocycles. The Morgan fingerprint density at radius 2 is 1.91 bits per heavy atom. The lowest BCUT2D eigenvalue weighted by Gasteiger charge is -2.27. The lowest BCUT2D eigenvalue weighted by Crippen LogP contribution is -3.14. The number of carbonyl (C=O) groups excluding carboxylic acids is 2. The van der Waals surface area contributed by atoms with E-state index >= 15 is 0 Å². The molecule has 5 nitrogen and oxygen atoms in total. The Hall–Kier alpha value is -1.88. The quantitative estimate of drug-likeness (QED) is 0.674. The lowest BCUT2D eigenvalue weighted by molar-refractivity contribution is -0.897. The molecule has 2 rings (SSSR count). The Morgan fingerprint density at radius 3 is 2.50 bits per heavy atom. The number of primary amides is 1. The number of carbonyl (C=O) groups is 2. The lowest BCUT2D eigenvalue weighted by atomic mass is 9.96. The Morgan fingerprint density at radius 1 is 1.27 bits per heavy atom. The zero-order valence-electron chi connectivity index (χ0n) is 13.2. The SMILES string of the molecule is C[C@@H](CNC(=O)C[NH+]1CCC(C(N)=O)CC1)c1ccccc1. The van der Waals surface area contributed by atoms with E-state index in [4.69, 9.17) is 5.73 Å². The van der Waals surface area contributed by atoms with Gasteiger partial charge in [0.05, 0.1) is 13.1 Å². The van der Waals surface area contributed by atoms with Crippen molar-refractivity contribution in [3.63, 3.8) is 0 Å². The van der Waals surface area contributed by atoms with Crippen LogP contribution in [0.15, 0.2) is 30.3 Å². The summed E-state index contributed by atoms with van der Waals surface area (Å²) in [5, 5.41) is 3.01. The molecule has 1 heterocycles. The molecule has 1 saturated heterocycles. The van der Waals surface area contributed by atoms with Crippen molar-refractivity contribution >= 4 is 11.8 Å². The summed E-state index contributed by atoms with van der Waals surface area (Å²) in [7, 11) is 0. The topological polar surface area (TPSA) is 76.6 Å². The van der Waals surface area contributed by atoms with Crippen LogP contribution in [0, 0.1) is 5.92 Å². The summed E-state index contributed by atoms with van der Waals surface area (Å²) < 4.78 is 0. The van der Waals surface area contributed by atoms with Crippen molar-refractivity contribution in [1.82, 2.24) is 5.32 Å². The molecule has 1 aromatic rings. The van der Waals surface area contributed by atoms with Gasteiger partial charge in [0.2, 0.25) is 5.91 Å². The van der Waals surface area contributed by atoms with E-state index in [-0.39, 0.29) is 17.7 Å². The largest absolute Gasteiger partial charge is 0.369 e. The maximum atomic E-state index is 12.0. The second kappa shape index (κ2) is 7.94. The average Bonchev–Trinajstić information content (AvgIpc) is 2.54. The molecule has 2 amide bonds. The number of benzene rings is 1. The minimum absolute atomic E-state index is 0.00934. The van der Waals surface area contributed by atoms with Gasteiger partial charge in [-0.3, -0.25) is 9.59 Å². The molecule has 22 heavy (non-hydrogen) atoms. The second-order valence-electron chi connectivity index (χ2n) is 6.22. The number of quaternary nitrogens is 1. The Bertz CT molecular complexity index is 496. The van der Waals surface area contributed by atoms with E-state index in [1.807, 2.05) is 18.2 Å². The summed E-state index contributed by atoms with van der Waals surface area (Å²) in [5.41, 5.74) is 6.56. The van der Waals surface area contributed by atoms with Gasteiger partial charge in [0, 0.05) is 25.3 Å². The molecule has 1 aromatic carbocycles. The fourth-order valence-corrected chi connectivity index (χ4v) is 2.94. The molecular weight excluding hydrogens is 278 g/mol. The monoisotopic (exact) mass is 304 g/mol. The molecule has 0 unspecified atom stereocenters. The van der Waals surface area contributed by atoms with Crippen LogP contribution in [-0.2, 0) is 9.59 Å². The number of hydrogen-bond acceptors (Lipinski definition) is 2.